The van der Waals surface area contributed by atoms with E-state index in [1.807, 2.05) is 41.3 Å². The molecular weight excluding hydrogens is 396 g/mol. The molecule has 0 aliphatic carbocycles. The van der Waals surface area contributed by atoms with Crippen LogP contribution in [0.15, 0.2) is 48.5 Å². The Morgan fingerprint density at radius 3 is 2.74 bits per heavy atom. The molecule has 7 heteroatoms. The van der Waals surface area contributed by atoms with Crippen LogP contribution >= 0.6 is 0 Å². The number of ether oxygens (including phenoxy) is 3. The van der Waals surface area contributed by atoms with E-state index < -0.39 is 0 Å². The van der Waals surface area contributed by atoms with E-state index >= 15 is 0 Å². The average Bonchev–Trinajstić information content (AvgIpc) is 3.54. The number of carbonyl (C=O) groups is 2. The number of benzene rings is 2. The molecule has 3 aliphatic rings. The zero-order valence-corrected chi connectivity index (χ0v) is 17.4. The molecular formula is C24H26N2O5. The highest BCUT2D eigenvalue weighted by Crippen LogP contribution is 2.37. The van der Waals surface area contributed by atoms with Gasteiger partial charge in [-0.05, 0) is 30.5 Å². The van der Waals surface area contributed by atoms with Crippen molar-refractivity contribution in [3.63, 3.8) is 0 Å². The van der Waals surface area contributed by atoms with Crippen LogP contribution in [0.1, 0.15) is 24.8 Å². The van der Waals surface area contributed by atoms with Gasteiger partial charge in [0.15, 0.2) is 11.5 Å². The van der Waals surface area contributed by atoms with Crippen LogP contribution in [-0.4, -0.2) is 49.3 Å². The number of fused-ring (bicyclic) bond motifs is 1. The van der Waals surface area contributed by atoms with E-state index in [-0.39, 0.29) is 37.0 Å². The molecule has 3 aliphatic heterocycles. The van der Waals surface area contributed by atoms with Crippen molar-refractivity contribution in [2.45, 2.75) is 31.9 Å². The maximum absolute atomic E-state index is 13.5. The molecule has 31 heavy (non-hydrogen) atoms. The summed E-state index contributed by atoms with van der Waals surface area (Å²) in [4.78, 5) is 29.8. The molecule has 2 aromatic rings. The predicted octanol–water partition coefficient (Wildman–Crippen LogP) is 2.98. The van der Waals surface area contributed by atoms with Crippen LogP contribution in [-0.2, 0) is 20.9 Å². The van der Waals surface area contributed by atoms with E-state index in [2.05, 4.69) is 0 Å². The molecule has 7 nitrogen and oxygen atoms in total. The van der Waals surface area contributed by atoms with Crippen LogP contribution < -0.4 is 14.4 Å². The highest BCUT2D eigenvalue weighted by molar-refractivity contribution is 6.00. The number of hydrogen-bond donors (Lipinski definition) is 0. The first-order valence-corrected chi connectivity index (χ1v) is 10.8. The Kier molecular flexibility index (Phi) is 5.51. The molecule has 2 aromatic carbocycles. The molecule has 162 valence electrons. The van der Waals surface area contributed by atoms with Crippen molar-refractivity contribution in [1.29, 1.82) is 0 Å². The summed E-state index contributed by atoms with van der Waals surface area (Å²) in [7, 11) is 0. The van der Waals surface area contributed by atoms with Gasteiger partial charge in [0.25, 0.3) is 0 Å². The van der Waals surface area contributed by atoms with Crippen LogP contribution in [0.5, 0.6) is 11.5 Å². The minimum Gasteiger partial charge on any atom is -0.454 e. The Labute approximate surface area is 181 Å². The van der Waals surface area contributed by atoms with Crippen LogP contribution in [0.2, 0.25) is 0 Å². The largest absolute Gasteiger partial charge is 0.454 e. The first-order valence-electron chi connectivity index (χ1n) is 10.8. The first kappa shape index (κ1) is 19.9. The van der Waals surface area contributed by atoms with Crippen LogP contribution in [0.4, 0.5) is 5.69 Å². The van der Waals surface area contributed by atoms with Gasteiger partial charge in [0.05, 0.1) is 12.0 Å². The Morgan fingerprint density at radius 1 is 1.10 bits per heavy atom. The second-order valence-corrected chi connectivity index (χ2v) is 8.28. The predicted molar refractivity (Wildman–Crippen MR) is 114 cm³/mol. The lowest BCUT2D eigenvalue weighted by Crippen LogP contribution is -2.41. The monoisotopic (exact) mass is 422 g/mol. The van der Waals surface area contributed by atoms with Crippen molar-refractivity contribution in [2.24, 2.45) is 5.92 Å². The third kappa shape index (κ3) is 4.23. The number of rotatable bonds is 6. The zero-order valence-electron chi connectivity index (χ0n) is 17.4. The molecule has 0 N–H and O–H groups in total. The van der Waals surface area contributed by atoms with Crippen molar-refractivity contribution >= 4 is 17.5 Å². The van der Waals surface area contributed by atoms with Gasteiger partial charge in [0.1, 0.15) is 0 Å². The molecule has 0 saturated carbocycles. The van der Waals surface area contributed by atoms with Gasteiger partial charge in [-0.1, -0.05) is 30.3 Å². The van der Waals surface area contributed by atoms with E-state index in [1.54, 1.807) is 17.0 Å². The van der Waals surface area contributed by atoms with Gasteiger partial charge in [-0.3, -0.25) is 9.59 Å². The van der Waals surface area contributed by atoms with Crippen molar-refractivity contribution in [3.05, 3.63) is 54.1 Å². The molecule has 0 aromatic heterocycles. The maximum Gasteiger partial charge on any atom is 0.231 e. The van der Waals surface area contributed by atoms with Crippen molar-refractivity contribution in [3.8, 4) is 11.5 Å². The summed E-state index contributed by atoms with van der Waals surface area (Å²) in [5, 5.41) is 0. The number of nitrogens with zero attached hydrogens (tertiary/aromatic N) is 2. The molecule has 2 atom stereocenters. The Balaban J connectivity index is 1.32. The molecule has 3 heterocycles. The topological polar surface area (TPSA) is 68.3 Å². The lowest BCUT2D eigenvalue weighted by molar-refractivity contribution is -0.138. The molecule has 0 spiro atoms. The van der Waals surface area contributed by atoms with Crippen molar-refractivity contribution in [2.75, 3.05) is 31.4 Å². The Hall–Kier alpha value is -3.06. The third-order valence-corrected chi connectivity index (χ3v) is 6.12. The second-order valence-electron chi connectivity index (χ2n) is 8.28. The van der Waals surface area contributed by atoms with Gasteiger partial charge in [0, 0.05) is 44.4 Å². The smallest absolute Gasteiger partial charge is 0.231 e. The molecule has 2 saturated heterocycles. The van der Waals surface area contributed by atoms with Gasteiger partial charge in [-0.25, -0.2) is 0 Å². The standard InChI is InChI=1S/C24H26N2O5/c27-23-11-18(14-26(23)19-8-9-21-22(12-19)31-16-30-21)24(28)25(15-20-7-4-10-29-20)13-17-5-2-1-3-6-17/h1-3,5-6,8-9,12,18,20H,4,7,10-11,13-16H2. The van der Waals surface area contributed by atoms with Crippen LogP contribution in [0, 0.1) is 5.92 Å². The molecule has 5 rings (SSSR count). The SMILES string of the molecule is O=C(C1CC(=O)N(c2ccc3c(c2)OCO3)C1)N(Cc1ccccc1)CC1CCCO1. The molecule has 0 radical (unpaired) electrons. The van der Waals surface area contributed by atoms with Gasteiger partial charge >= 0.3 is 0 Å². The van der Waals surface area contributed by atoms with E-state index in [1.165, 1.54) is 0 Å². The van der Waals surface area contributed by atoms with Crippen molar-refractivity contribution in [1.82, 2.24) is 4.90 Å². The van der Waals surface area contributed by atoms with Crippen LogP contribution in [0.25, 0.3) is 0 Å². The molecule has 2 amide bonds. The fourth-order valence-corrected chi connectivity index (χ4v) is 4.50. The minimum absolute atomic E-state index is 0.0101. The van der Waals surface area contributed by atoms with Crippen molar-refractivity contribution < 1.29 is 23.8 Å². The quantitative estimate of drug-likeness (QED) is 0.716. The summed E-state index contributed by atoms with van der Waals surface area (Å²) in [6.45, 7) is 2.38. The van der Waals surface area contributed by atoms with E-state index in [0.717, 1.165) is 30.7 Å². The number of amides is 2. The fourth-order valence-electron chi connectivity index (χ4n) is 4.50. The van der Waals surface area contributed by atoms with Gasteiger partial charge in [0.2, 0.25) is 18.6 Å². The average molecular weight is 422 g/mol. The van der Waals surface area contributed by atoms with Crippen LogP contribution in [0.3, 0.4) is 0 Å². The lowest BCUT2D eigenvalue weighted by Gasteiger charge is -2.28. The summed E-state index contributed by atoms with van der Waals surface area (Å²) < 4.78 is 16.6. The summed E-state index contributed by atoms with van der Waals surface area (Å²) in [5.74, 6) is 0.894. The number of carbonyl (C=O) groups excluding carboxylic acids is 2. The lowest BCUT2D eigenvalue weighted by atomic mass is 10.1. The van der Waals surface area contributed by atoms with E-state index in [9.17, 15) is 9.59 Å². The molecule has 2 unspecified atom stereocenters. The summed E-state index contributed by atoms with van der Waals surface area (Å²) in [5.41, 5.74) is 1.81. The summed E-state index contributed by atoms with van der Waals surface area (Å²) >= 11 is 0. The third-order valence-electron chi connectivity index (χ3n) is 6.12. The number of hydrogen-bond acceptors (Lipinski definition) is 5. The highest BCUT2D eigenvalue weighted by atomic mass is 16.7. The molecule has 0 bridgehead atoms. The number of anilines is 1. The second kappa shape index (κ2) is 8.59. The Bertz CT molecular complexity index is 958. The van der Waals surface area contributed by atoms with Gasteiger partial charge < -0.3 is 24.0 Å². The van der Waals surface area contributed by atoms with E-state index in [0.29, 0.717) is 31.1 Å². The Morgan fingerprint density at radius 2 is 1.94 bits per heavy atom. The first-order chi connectivity index (χ1) is 15.2. The molecule has 2 fully saturated rings. The fraction of sp³-hybridized carbons (Fsp3) is 0.417. The highest BCUT2D eigenvalue weighted by Gasteiger charge is 2.38. The summed E-state index contributed by atoms with van der Waals surface area (Å²) in [6.07, 6.45) is 2.27. The summed E-state index contributed by atoms with van der Waals surface area (Å²) in [6, 6.07) is 15.4. The minimum atomic E-state index is -0.372. The van der Waals surface area contributed by atoms with Gasteiger partial charge in [-0.15, -0.1) is 0 Å². The van der Waals surface area contributed by atoms with E-state index in [4.69, 9.17) is 14.2 Å². The normalized spacial score (nSPS) is 22.2. The zero-order chi connectivity index (χ0) is 21.2. The maximum atomic E-state index is 13.5. The van der Waals surface area contributed by atoms with Gasteiger partial charge in [-0.2, -0.15) is 0 Å².